The van der Waals surface area contributed by atoms with Gasteiger partial charge >= 0.3 is 0 Å². The summed E-state index contributed by atoms with van der Waals surface area (Å²) in [7, 11) is -1.33. The first-order valence-corrected chi connectivity index (χ1v) is 7.49. The van der Waals surface area contributed by atoms with Crippen LogP contribution in [0.4, 0.5) is 5.69 Å². The van der Waals surface area contributed by atoms with Gasteiger partial charge in [0.2, 0.25) is 0 Å². The number of sulfone groups is 1. The Kier molecular flexibility index (Phi) is 4.96. The Hall–Kier alpha value is -1.07. The van der Waals surface area contributed by atoms with Gasteiger partial charge in [-0.2, -0.15) is 0 Å². The number of anilines is 1. The third-order valence-corrected chi connectivity index (χ3v) is 3.04. The average molecular weight is 257 g/mol. The van der Waals surface area contributed by atoms with E-state index >= 15 is 0 Å². The van der Waals surface area contributed by atoms with Gasteiger partial charge in [-0.05, 0) is 24.6 Å². The molecule has 96 valence electrons. The largest absolute Gasteiger partial charge is 0.383 e. The highest BCUT2D eigenvalue weighted by Gasteiger charge is 2.06. The molecular weight excluding hydrogens is 238 g/mol. The minimum atomic E-state index is -2.99. The first-order chi connectivity index (χ1) is 7.90. The predicted octanol–water partition coefficient (Wildman–Crippen LogP) is 1.68. The first kappa shape index (κ1) is 14.0. The van der Waals surface area contributed by atoms with E-state index in [1.165, 1.54) is 6.26 Å². The normalized spacial score (nSPS) is 13.4. The molecule has 0 heterocycles. The maximum absolute atomic E-state index is 11.2. The van der Waals surface area contributed by atoms with Crippen molar-refractivity contribution in [2.24, 2.45) is 0 Å². The van der Waals surface area contributed by atoms with E-state index in [9.17, 15) is 8.42 Å². The molecule has 0 spiro atoms. The van der Waals surface area contributed by atoms with Crippen molar-refractivity contribution < 1.29 is 13.2 Å². The lowest BCUT2D eigenvalue weighted by Gasteiger charge is -2.14. The van der Waals surface area contributed by atoms with E-state index in [1.807, 2.05) is 31.2 Å². The summed E-state index contributed by atoms with van der Waals surface area (Å²) >= 11 is 0. The SMILES string of the molecule is COC[C@@H](C)Nc1cccc(CS(C)(=O)=O)c1. The second kappa shape index (κ2) is 6.02. The van der Waals surface area contributed by atoms with E-state index in [0.717, 1.165) is 11.3 Å². The third-order valence-electron chi connectivity index (χ3n) is 2.19. The Morgan fingerprint density at radius 2 is 2.12 bits per heavy atom. The summed E-state index contributed by atoms with van der Waals surface area (Å²) in [4.78, 5) is 0. The van der Waals surface area contributed by atoms with Crippen LogP contribution in [-0.2, 0) is 20.3 Å². The van der Waals surface area contributed by atoms with Crippen LogP contribution >= 0.6 is 0 Å². The van der Waals surface area contributed by atoms with Gasteiger partial charge in [0.15, 0.2) is 9.84 Å². The van der Waals surface area contributed by atoms with Crippen molar-refractivity contribution in [1.82, 2.24) is 0 Å². The number of rotatable bonds is 6. The van der Waals surface area contributed by atoms with Crippen LogP contribution in [0.3, 0.4) is 0 Å². The number of hydrogen-bond donors (Lipinski definition) is 1. The van der Waals surface area contributed by atoms with E-state index < -0.39 is 9.84 Å². The molecule has 0 aliphatic heterocycles. The monoisotopic (exact) mass is 257 g/mol. The molecule has 0 unspecified atom stereocenters. The summed E-state index contributed by atoms with van der Waals surface area (Å²) in [6.45, 7) is 2.61. The Bertz CT molecular complexity index is 457. The predicted molar refractivity (Wildman–Crippen MR) is 70.0 cm³/mol. The quantitative estimate of drug-likeness (QED) is 0.842. The Balaban J connectivity index is 2.72. The van der Waals surface area contributed by atoms with Gasteiger partial charge in [0, 0.05) is 25.1 Å². The standard InChI is InChI=1S/C12H19NO3S/c1-10(8-16-2)13-12-6-4-5-11(7-12)9-17(3,14)15/h4-7,10,13H,8-9H2,1-3H3/t10-/m1/s1. The van der Waals surface area contributed by atoms with Crippen LogP contribution in [0.5, 0.6) is 0 Å². The fourth-order valence-electron chi connectivity index (χ4n) is 1.63. The summed E-state index contributed by atoms with van der Waals surface area (Å²) in [5.74, 6) is 0.0706. The highest BCUT2D eigenvalue weighted by atomic mass is 32.2. The van der Waals surface area contributed by atoms with Crippen LogP contribution in [0.2, 0.25) is 0 Å². The topological polar surface area (TPSA) is 55.4 Å². The van der Waals surface area contributed by atoms with Crippen LogP contribution in [0, 0.1) is 0 Å². The van der Waals surface area contributed by atoms with Crippen LogP contribution in [-0.4, -0.2) is 34.4 Å². The zero-order valence-electron chi connectivity index (χ0n) is 10.4. The summed E-state index contributed by atoms with van der Waals surface area (Å²) in [5, 5.41) is 3.25. The van der Waals surface area contributed by atoms with Gasteiger partial charge in [0.05, 0.1) is 12.4 Å². The average Bonchev–Trinajstić information content (AvgIpc) is 2.15. The third kappa shape index (κ3) is 5.70. The first-order valence-electron chi connectivity index (χ1n) is 5.43. The van der Waals surface area contributed by atoms with Crippen LogP contribution in [0.15, 0.2) is 24.3 Å². The minimum absolute atomic E-state index is 0.0706. The molecule has 1 aromatic rings. The molecule has 0 saturated carbocycles. The van der Waals surface area contributed by atoms with Gasteiger partial charge < -0.3 is 10.1 Å². The maximum atomic E-state index is 11.2. The van der Waals surface area contributed by atoms with Crippen molar-refractivity contribution >= 4 is 15.5 Å². The van der Waals surface area contributed by atoms with Crippen molar-refractivity contribution in [3.8, 4) is 0 Å². The van der Waals surface area contributed by atoms with E-state index in [1.54, 1.807) is 7.11 Å². The lowest BCUT2D eigenvalue weighted by Crippen LogP contribution is -2.20. The van der Waals surface area contributed by atoms with E-state index in [-0.39, 0.29) is 11.8 Å². The molecule has 1 N–H and O–H groups in total. The van der Waals surface area contributed by atoms with Crippen LogP contribution in [0.25, 0.3) is 0 Å². The van der Waals surface area contributed by atoms with Gasteiger partial charge in [-0.3, -0.25) is 0 Å². The molecule has 0 bridgehead atoms. The smallest absolute Gasteiger partial charge is 0.151 e. The zero-order valence-corrected chi connectivity index (χ0v) is 11.3. The molecule has 0 saturated heterocycles. The molecule has 4 nitrogen and oxygen atoms in total. The zero-order chi connectivity index (χ0) is 12.9. The summed E-state index contributed by atoms with van der Waals surface area (Å²) in [6, 6.07) is 7.62. The molecule has 0 fully saturated rings. The van der Waals surface area contributed by atoms with Crippen LogP contribution in [0.1, 0.15) is 12.5 Å². The maximum Gasteiger partial charge on any atom is 0.151 e. The highest BCUT2D eigenvalue weighted by Crippen LogP contribution is 2.14. The van der Waals surface area contributed by atoms with Gasteiger partial charge in [-0.1, -0.05) is 12.1 Å². The molecule has 0 amide bonds. The summed E-state index contributed by atoms with van der Waals surface area (Å²) in [5.41, 5.74) is 1.71. The number of methoxy groups -OCH3 is 1. The number of nitrogens with one attached hydrogen (secondary N) is 1. The Labute approximate surface area is 103 Å². The molecule has 1 rings (SSSR count). The molecule has 5 heteroatoms. The van der Waals surface area contributed by atoms with Crippen LogP contribution < -0.4 is 5.32 Å². The minimum Gasteiger partial charge on any atom is -0.383 e. The van der Waals surface area contributed by atoms with Crippen molar-refractivity contribution in [1.29, 1.82) is 0 Å². The van der Waals surface area contributed by atoms with Crippen molar-refractivity contribution in [3.63, 3.8) is 0 Å². The molecule has 1 aromatic carbocycles. The molecule has 0 aliphatic carbocycles. The molecular formula is C12H19NO3S. The van der Waals surface area contributed by atoms with Gasteiger partial charge in [-0.25, -0.2) is 8.42 Å². The highest BCUT2D eigenvalue weighted by molar-refractivity contribution is 7.89. The van der Waals surface area contributed by atoms with E-state index in [2.05, 4.69) is 5.32 Å². The summed E-state index contributed by atoms with van der Waals surface area (Å²) < 4.78 is 27.4. The molecule has 17 heavy (non-hydrogen) atoms. The summed E-state index contributed by atoms with van der Waals surface area (Å²) in [6.07, 6.45) is 1.24. The van der Waals surface area contributed by atoms with Gasteiger partial charge in [0.25, 0.3) is 0 Å². The molecule has 0 aliphatic rings. The van der Waals surface area contributed by atoms with Gasteiger partial charge in [-0.15, -0.1) is 0 Å². The van der Waals surface area contributed by atoms with E-state index in [4.69, 9.17) is 4.74 Å². The Morgan fingerprint density at radius 3 is 2.71 bits per heavy atom. The number of benzene rings is 1. The Morgan fingerprint density at radius 1 is 1.41 bits per heavy atom. The van der Waals surface area contributed by atoms with Gasteiger partial charge in [0.1, 0.15) is 0 Å². The van der Waals surface area contributed by atoms with Crippen molar-refractivity contribution in [2.45, 2.75) is 18.7 Å². The lowest BCUT2D eigenvalue weighted by atomic mass is 10.2. The second-order valence-electron chi connectivity index (χ2n) is 4.27. The number of ether oxygens (including phenoxy) is 1. The molecule has 0 radical (unpaired) electrons. The lowest BCUT2D eigenvalue weighted by molar-refractivity contribution is 0.190. The molecule has 1 atom stereocenters. The second-order valence-corrected chi connectivity index (χ2v) is 6.41. The van der Waals surface area contributed by atoms with E-state index in [0.29, 0.717) is 6.61 Å². The fourth-order valence-corrected chi connectivity index (χ4v) is 2.41. The fraction of sp³-hybridized carbons (Fsp3) is 0.500. The van der Waals surface area contributed by atoms with Crippen molar-refractivity contribution in [2.75, 3.05) is 25.3 Å². The molecule has 0 aromatic heterocycles. The van der Waals surface area contributed by atoms with Crippen molar-refractivity contribution in [3.05, 3.63) is 29.8 Å². The number of hydrogen-bond acceptors (Lipinski definition) is 4.